The fourth-order valence-electron chi connectivity index (χ4n) is 1.73. The van der Waals surface area contributed by atoms with E-state index in [-0.39, 0.29) is 45.9 Å². The Morgan fingerprint density at radius 1 is 1.00 bits per heavy atom. The minimum absolute atomic E-state index is 0.0269. The number of hydrogen-bond donors (Lipinski definition) is 2. The van der Waals surface area contributed by atoms with Gasteiger partial charge in [0.25, 0.3) is 0 Å². The molecule has 1 fully saturated rings. The third kappa shape index (κ3) is 6.37. The van der Waals surface area contributed by atoms with E-state index in [0.29, 0.717) is 13.2 Å². The molecular weight excluding hydrogens is 350 g/mol. The van der Waals surface area contributed by atoms with Crippen LogP contribution in [0.2, 0.25) is 0 Å². The van der Waals surface area contributed by atoms with Crippen LogP contribution in [0.1, 0.15) is 12.8 Å². The number of carbonyl (C=O) groups is 2. The van der Waals surface area contributed by atoms with Crippen molar-refractivity contribution in [3.63, 3.8) is 0 Å². The number of amides is 2. The first-order valence-electron chi connectivity index (χ1n) is 6.60. The van der Waals surface area contributed by atoms with Crippen molar-refractivity contribution in [2.45, 2.75) is 17.5 Å². The van der Waals surface area contributed by atoms with Crippen LogP contribution in [0, 0.1) is 0 Å². The fraction of sp³-hybridized carbons (Fsp3) is 0.833. The summed E-state index contributed by atoms with van der Waals surface area (Å²) >= 11 is 2.93. The maximum atomic E-state index is 11.5. The number of halogens is 1. The van der Waals surface area contributed by atoms with E-state index in [1.165, 1.54) is 0 Å². The van der Waals surface area contributed by atoms with E-state index in [9.17, 15) is 14.7 Å². The van der Waals surface area contributed by atoms with Gasteiger partial charge in [-0.3, -0.25) is 9.59 Å². The van der Waals surface area contributed by atoms with Gasteiger partial charge in [-0.15, -0.1) is 0 Å². The molecule has 2 N–H and O–H groups in total. The monoisotopic (exact) mass is 369 g/mol. The van der Waals surface area contributed by atoms with E-state index in [2.05, 4.69) is 15.9 Å². The van der Waals surface area contributed by atoms with Crippen LogP contribution in [-0.2, 0) is 23.8 Å². The highest BCUT2D eigenvalue weighted by molar-refractivity contribution is 9.10. The van der Waals surface area contributed by atoms with Crippen LogP contribution in [0.4, 0.5) is 0 Å². The van der Waals surface area contributed by atoms with Crippen molar-refractivity contribution in [1.29, 1.82) is 0 Å². The van der Waals surface area contributed by atoms with Gasteiger partial charge in [0.1, 0.15) is 6.61 Å². The molecule has 1 heterocycles. The van der Waals surface area contributed by atoms with Gasteiger partial charge in [-0.05, 0) is 15.9 Å². The molecule has 0 aromatic rings. The molecule has 8 nitrogen and oxygen atoms in total. The van der Waals surface area contributed by atoms with Crippen LogP contribution in [-0.4, -0.2) is 77.8 Å². The molecule has 21 heavy (non-hydrogen) atoms. The molecule has 0 bridgehead atoms. The van der Waals surface area contributed by atoms with Gasteiger partial charge in [0.2, 0.25) is 16.4 Å². The molecule has 1 aliphatic heterocycles. The quantitative estimate of drug-likeness (QED) is 0.213. The number of hydrogen-bond acceptors (Lipinski definition) is 7. The lowest BCUT2D eigenvalue weighted by Crippen LogP contribution is -2.50. The first-order valence-corrected chi connectivity index (χ1v) is 7.39. The summed E-state index contributed by atoms with van der Waals surface area (Å²) in [6, 6.07) is 0. The summed E-state index contributed by atoms with van der Waals surface area (Å²) in [5, 5.41) is 18.5. The zero-order valence-electron chi connectivity index (χ0n) is 11.6. The number of rotatable bonds is 11. The first-order chi connectivity index (χ1) is 9.99. The Morgan fingerprint density at radius 2 is 1.48 bits per heavy atom. The van der Waals surface area contributed by atoms with Gasteiger partial charge in [-0.25, -0.2) is 4.90 Å². The first kappa shape index (κ1) is 18.5. The second kappa shape index (κ2) is 9.44. The Kier molecular flexibility index (Phi) is 8.30. The molecule has 2 amide bonds. The minimum Gasteiger partial charge on any atom is -0.394 e. The number of alkyl halides is 1. The smallest absolute Gasteiger partial charge is 0.232 e. The Hall–Kier alpha value is -0.580. The van der Waals surface area contributed by atoms with Gasteiger partial charge >= 0.3 is 0 Å². The Labute approximate surface area is 131 Å². The summed E-state index contributed by atoms with van der Waals surface area (Å²) in [6.45, 7) is 1.23. The number of likely N-dealkylation sites (tertiary alicyclic amines) is 1. The highest BCUT2D eigenvalue weighted by Gasteiger charge is 2.43. The maximum Gasteiger partial charge on any atom is 0.232 e. The number of imide groups is 1. The van der Waals surface area contributed by atoms with E-state index in [1.54, 1.807) is 0 Å². The van der Waals surface area contributed by atoms with Gasteiger partial charge in [-0.1, -0.05) is 0 Å². The van der Waals surface area contributed by atoms with Crippen LogP contribution in [0.15, 0.2) is 0 Å². The summed E-state index contributed by atoms with van der Waals surface area (Å²) in [4.78, 5) is 23.8. The molecule has 1 atom stereocenters. The second-order valence-corrected chi connectivity index (χ2v) is 5.61. The molecule has 1 aliphatic rings. The van der Waals surface area contributed by atoms with Crippen molar-refractivity contribution < 1.29 is 34.0 Å². The average molecular weight is 370 g/mol. The number of aliphatic hydroxyl groups excluding tert-OH is 1. The van der Waals surface area contributed by atoms with Crippen LogP contribution >= 0.6 is 15.9 Å². The van der Waals surface area contributed by atoms with Gasteiger partial charge in [-0.2, -0.15) is 0 Å². The molecule has 0 saturated carbocycles. The molecule has 0 aliphatic carbocycles. The third-order valence-corrected chi connectivity index (χ3v) is 3.24. The van der Waals surface area contributed by atoms with E-state index >= 15 is 0 Å². The Bertz CT molecular complexity index is 334. The third-order valence-electron chi connectivity index (χ3n) is 2.66. The molecule has 122 valence electrons. The summed E-state index contributed by atoms with van der Waals surface area (Å²) < 4.78 is 13.5. The van der Waals surface area contributed by atoms with Crippen molar-refractivity contribution in [1.82, 2.24) is 4.90 Å². The SMILES string of the molecule is O=C1CCC(=O)N1C(O)(Br)COCCOCCOCCO. The topological polar surface area (TPSA) is 106 Å². The standard InChI is InChI=1S/C12H20BrNO7/c13-12(18,14-10(16)1-2-11(14)17)9-21-8-7-20-6-5-19-4-3-15/h15,18H,1-9H2. The van der Waals surface area contributed by atoms with Crippen LogP contribution < -0.4 is 0 Å². The van der Waals surface area contributed by atoms with Gasteiger partial charge in [0.15, 0.2) is 0 Å². The predicted molar refractivity (Wildman–Crippen MR) is 74.5 cm³/mol. The molecule has 0 spiro atoms. The Morgan fingerprint density at radius 3 is 2.00 bits per heavy atom. The summed E-state index contributed by atoms with van der Waals surface area (Å²) in [5.41, 5.74) is 0. The zero-order chi connectivity index (χ0) is 15.7. The van der Waals surface area contributed by atoms with Crippen molar-refractivity contribution in [3.8, 4) is 0 Å². The highest BCUT2D eigenvalue weighted by Crippen LogP contribution is 2.27. The van der Waals surface area contributed by atoms with Crippen molar-refractivity contribution in [3.05, 3.63) is 0 Å². The van der Waals surface area contributed by atoms with Gasteiger partial charge in [0.05, 0.1) is 39.6 Å². The number of aliphatic hydroxyl groups is 2. The highest BCUT2D eigenvalue weighted by atomic mass is 79.9. The molecule has 0 radical (unpaired) electrons. The molecule has 1 rings (SSSR count). The van der Waals surface area contributed by atoms with Crippen molar-refractivity contribution in [2.24, 2.45) is 0 Å². The summed E-state index contributed by atoms with van der Waals surface area (Å²) in [5.74, 6) is -0.861. The van der Waals surface area contributed by atoms with Crippen LogP contribution in [0.5, 0.6) is 0 Å². The van der Waals surface area contributed by atoms with E-state index in [4.69, 9.17) is 19.3 Å². The summed E-state index contributed by atoms with van der Waals surface area (Å²) in [6.07, 6.45) is 0.202. The number of ether oxygens (including phenoxy) is 3. The molecular formula is C12H20BrNO7. The lowest BCUT2D eigenvalue weighted by Gasteiger charge is -2.29. The molecule has 0 aromatic heterocycles. The molecule has 9 heteroatoms. The van der Waals surface area contributed by atoms with Gasteiger partial charge in [0, 0.05) is 12.8 Å². The minimum atomic E-state index is -1.82. The van der Waals surface area contributed by atoms with Crippen LogP contribution in [0.25, 0.3) is 0 Å². The second-order valence-electron chi connectivity index (χ2n) is 4.34. The molecule has 1 unspecified atom stereocenters. The fourth-order valence-corrected chi connectivity index (χ4v) is 2.29. The van der Waals surface area contributed by atoms with Gasteiger partial charge < -0.3 is 24.4 Å². The molecule has 1 saturated heterocycles. The lowest BCUT2D eigenvalue weighted by molar-refractivity contribution is -0.158. The largest absolute Gasteiger partial charge is 0.394 e. The summed E-state index contributed by atoms with van der Waals surface area (Å²) in [7, 11) is 0. The Balaban J connectivity index is 2.11. The van der Waals surface area contributed by atoms with E-state index in [0.717, 1.165) is 4.90 Å². The zero-order valence-corrected chi connectivity index (χ0v) is 13.2. The van der Waals surface area contributed by atoms with Crippen molar-refractivity contribution in [2.75, 3.05) is 46.2 Å². The normalized spacial score (nSPS) is 18.3. The van der Waals surface area contributed by atoms with E-state index < -0.39 is 16.4 Å². The van der Waals surface area contributed by atoms with E-state index in [1.807, 2.05) is 0 Å². The molecule has 0 aromatic carbocycles. The predicted octanol–water partition coefficient (Wildman–Crippen LogP) is -0.781. The maximum absolute atomic E-state index is 11.5. The van der Waals surface area contributed by atoms with Crippen LogP contribution in [0.3, 0.4) is 0 Å². The average Bonchev–Trinajstić information content (AvgIpc) is 2.77. The number of carbonyl (C=O) groups excluding carboxylic acids is 2. The van der Waals surface area contributed by atoms with Crippen molar-refractivity contribution >= 4 is 27.7 Å². The number of nitrogens with zero attached hydrogens (tertiary/aromatic N) is 1. The lowest BCUT2D eigenvalue weighted by atomic mass is 10.4.